The summed E-state index contributed by atoms with van der Waals surface area (Å²) >= 11 is 28.4. The summed E-state index contributed by atoms with van der Waals surface area (Å²) in [5, 5.41) is 0.522. The van der Waals surface area contributed by atoms with Crippen molar-refractivity contribution in [2.24, 2.45) is 11.3 Å². The lowest BCUT2D eigenvalue weighted by Crippen LogP contribution is -2.41. The monoisotopic (exact) mass is 923 g/mol. The molecule has 0 bridgehead atoms. The Morgan fingerprint density at radius 2 is 0.448 bits per heavy atom. The molecule has 0 aliphatic heterocycles. The predicted octanol–water partition coefficient (Wildman–Crippen LogP) is 19.7. The van der Waals surface area contributed by atoms with E-state index in [-0.39, 0.29) is 0 Å². The van der Waals surface area contributed by atoms with Gasteiger partial charge >= 0.3 is 0 Å². The molecule has 0 N–H and O–H groups in total. The first-order valence-electron chi connectivity index (χ1n) is 26.3. The van der Waals surface area contributed by atoms with Crippen LogP contribution in [0.15, 0.2) is 0 Å². The van der Waals surface area contributed by atoms with Gasteiger partial charge in [-0.2, -0.15) is 75.8 Å². The summed E-state index contributed by atoms with van der Waals surface area (Å²) in [7, 11) is 0. The van der Waals surface area contributed by atoms with Gasteiger partial charge in [0, 0.05) is 5.25 Å². The standard InChI is InChI=1S/C52H106S6/c53-45-37-29-21-13-5-1-9-17-25-33-41-50(49-57)52(43-35-27-19-11-3-7-15-23-31-39-47-55,44-36-28-20-12-4-8-16-24-32-40-48-56)51(58)42-34-26-18-10-2-6-14-22-30-38-46-54/h50-51,53-58H,1-49H2. The molecule has 2 unspecified atom stereocenters. The third kappa shape index (κ3) is 38.5. The number of unbranched alkanes of at least 4 members (excludes halogenated alkanes) is 36. The van der Waals surface area contributed by atoms with Crippen molar-refractivity contribution in [3.05, 3.63) is 0 Å². The van der Waals surface area contributed by atoms with Crippen LogP contribution < -0.4 is 0 Å². The first-order chi connectivity index (χ1) is 28.6. The molecule has 6 heteroatoms. The fourth-order valence-corrected chi connectivity index (χ4v) is 11.8. The van der Waals surface area contributed by atoms with Gasteiger partial charge in [-0.3, -0.25) is 0 Å². The van der Waals surface area contributed by atoms with Gasteiger partial charge in [-0.05, 0) is 91.5 Å². The Morgan fingerprint density at radius 1 is 0.241 bits per heavy atom. The summed E-state index contributed by atoms with van der Waals surface area (Å²) in [4.78, 5) is 0. The van der Waals surface area contributed by atoms with Crippen LogP contribution in [0.3, 0.4) is 0 Å². The van der Waals surface area contributed by atoms with Crippen molar-refractivity contribution in [1.82, 2.24) is 0 Å². The maximum atomic E-state index is 5.69. The first kappa shape index (κ1) is 60.1. The maximum absolute atomic E-state index is 5.69. The van der Waals surface area contributed by atoms with Gasteiger partial charge in [0.15, 0.2) is 0 Å². The average Bonchev–Trinajstić information content (AvgIpc) is 3.23. The SMILES string of the molecule is SCCCCCCCCCCCCC(S)C(CCCCCCCCCCCCS)(CCCCCCCCCCCCS)C(CS)CCCCCCCCCCCCS. The fraction of sp³-hybridized carbons (Fsp3) is 1.00. The Labute approximate surface area is 400 Å². The highest BCUT2D eigenvalue weighted by atomic mass is 32.1. The second-order valence-electron chi connectivity index (χ2n) is 18.7. The molecule has 0 aliphatic carbocycles. The van der Waals surface area contributed by atoms with Crippen LogP contribution in [-0.2, 0) is 0 Å². The van der Waals surface area contributed by atoms with Crippen molar-refractivity contribution in [2.75, 3.05) is 28.8 Å². The smallest absolute Gasteiger partial charge is 0.00762 e. The van der Waals surface area contributed by atoms with Crippen molar-refractivity contribution in [1.29, 1.82) is 0 Å². The zero-order valence-corrected chi connectivity index (χ0v) is 44.4. The molecular formula is C52H106S6. The van der Waals surface area contributed by atoms with E-state index in [1.807, 2.05) is 0 Å². The number of thiol groups is 6. The molecule has 0 rings (SSSR count). The largest absolute Gasteiger partial charge is 0.179 e. The molecule has 0 nitrogen and oxygen atoms in total. The van der Waals surface area contributed by atoms with Crippen molar-refractivity contribution < 1.29 is 0 Å². The highest BCUT2D eigenvalue weighted by molar-refractivity contribution is 7.81. The minimum atomic E-state index is 0.352. The number of hydrogen-bond donors (Lipinski definition) is 6. The second kappa shape index (κ2) is 50.1. The van der Waals surface area contributed by atoms with Gasteiger partial charge in [0.1, 0.15) is 0 Å². The Balaban J connectivity index is 5.35. The number of rotatable bonds is 51. The summed E-state index contributed by atoms with van der Waals surface area (Å²) in [5.41, 5.74) is 0.352. The van der Waals surface area contributed by atoms with E-state index < -0.39 is 0 Å². The normalized spacial score (nSPS) is 13.1. The molecule has 0 radical (unpaired) electrons. The molecule has 0 amide bonds. The van der Waals surface area contributed by atoms with Crippen molar-refractivity contribution >= 4 is 75.8 Å². The van der Waals surface area contributed by atoms with Gasteiger partial charge in [0.05, 0.1) is 0 Å². The van der Waals surface area contributed by atoms with Crippen LogP contribution in [-0.4, -0.2) is 34.0 Å². The summed E-state index contributed by atoms with van der Waals surface area (Å²) in [6.45, 7) is 0. The van der Waals surface area contributed by atoms with Crippen LogP contribution in [0.1, 0.15) is 283 Å². The average molecular weight is 924 g/mol. The molecule has 0 saturated heterocycles. The molecule has 0 aromatic carbocycles. The van der Waals surface area contributed by atoms with Gasteiger partial charge < -0.3 is 0 Å². The van der Waals surface area contributed by atoms with Crippen LogP contribution in [0.25, 0.3) is 0 Å². The highest BCUT2D eigenvalue weighted by Crippen LogP contribution is 2.49. The molecule has 0 spiro atoms. The number of hydrogen-bond acceptors (Lipinski definition) is 6. The molecule has 58 heavy (non-hydrogen) atoms. The quantitative estimate of drug-likeness (QED) is 0.0254. The van der Waals surface area contributed by atoms with E-state index in [9.17, 15) is 0 Å². The van der Waals surface area contributed by atoms with E-state index >= 15 is 0 Å². The Morgan fingerprint density at radius 3 is 0.690 bits per heavy atom. The molecule has 0 aliphatic rings. The van der Waals surface area contributed by atoms with Gasteiger partial charge in [-0.15, -0.1) is 0 Å². The third-order valence-electron chi connectivity index (χ3n) is 13.6. The zero-order chi connectivity index (χ0) is 42.3. The Bertz CT molecular complexity index is 723. The van der Waals surface area contributed by atoms with Crippen LogP contribution >= 0.6 is 75.8 Å². The lowest BCUT2D eigenvalue weighted by Gasteiger charge is -2.46. The van der Waals surface area contributed by atoms with E-state index in [2.05, 4.69) is 50.5 Å². The molecule has 2 atom stereocenters. The van der Waals surface area contributed by atoms with E-state index in [1.54, 1.807) is 0 Å². The minimum Gasteiger partial charge on any atom is -0.179 e. The van der Waals surface area contributed by atoms with E-state index in [0.717, 1.165) is 28.8 Å². The molecule has 0 saturated carbocycles. The lowest BCUT2D eigenvalue weighted by molar-refractivity contribution is 0.114. The van der Waals surface area contributed by atoms with E-state index in [1.165, 1.54) is 283 Å². The van der Waals surface area contributed by atoms with Gasteiger partial charge in [0.25, 0.3) is 0 Å². The molecule has 350 valence electrons. The third-order valence-corrected chi connectivity index (χ3v) is 16.1. The maximum Gasteiger partial charge on any atom is 0.00762 e. The molecule has 0 fully saturated rings. The Kier molecular flexibility index (Phi) is 51.9. The lowest BCUT2D eigenvalue weighted by atomic mass is 9.64. The summed E-state index contributed by atoms with van der Waals surface area (Å²) in [5.74, 6) is 5.97. The fourth-order valence-electron chi connectivity index (χ4n) is 9.73. The molecular weight excluding hydrogens is 817 g/mol. The topological polar surface area (TPSA) is 0 Å². The second-order valence-corrected chi connectivity index (χ2v) is 21.5. The van der Waals surface area contributed by atoms with Crippen LogP contribution in [0.5, 0.6) is 0 Å². The van der Waals surface area contributed by atoms with Crippen LogP contribution in [0.4, 0.5) is 0 Å². The van der Waals surface area contributed by atoms with E-state index in [4.69, 9.17) is 25.3 Å². The minimum absolute atomic E-state index is 0.352. The van der Waals surface area contributed by atoms with Crippen LogP contribution in [0.2, 0.25) is 0 Å². The van der Waals surface area contributed by atoms with Gasteiger partial charge in [0.2, 0.25) is 0 Å². The summed E-state index contributed by atoms with van der Waals surface area (Å²) in [6, 6.07) is 0. The van der Waals surface area contributed by atoms with Gasteiger partial charge in [-0.25, -0.2) is 0 Å². The zero-order valence-electron chi connectivity index (χ0n) is 39.0. The molecule has 0 aromatic heterocycles. The van der Waals surface area contributed by atoms with Gasteiger partial charge in [-0.1, -0.05) is 231 Å². The van der Waals surface area contributed by atoms with E-state index in [0.29, 0.717) is 16.6 Å². The first-order valence-corrected chi connectivity index (χ1v) is 30.0. The predicted molar refractivity (Wildman–Crippen MR) is 291 cm³/mol. The Hall–Kier alpha value is 2.10. The van der Waals surface area contributed by atoms with Crippen molar-refractivity contribution in [3.63, 3.8) is 0 Å². The van der Waals surface area contributed by atoms with Crippen molar-refractivity contribution in [3.8, 4) is 0 Å². The summed E-state index contributed by atoms with van der Waals surface area (Å²) < 4.78 is 0. The van der Waals surface area contributed by atoms with Crippen LogP contribution in [0, 0.1) is 11.3 Å². The highest BCUT2D eigenvalue weighted by Gasteiger charge is 2.41. The molecule has 0 heterocycles. The van der Waals surface area contributed by atoms with Crippen molar-refractivity contribution in [2.45, 2.75) is 288 Å². The summed E-state index contributed by atoms with van der Waals surface area (Å²) in [6.07, 6.45) is 61.5. The molecule has 0 aromatic rings.